The molecule has 0 bridgehead atoms. The van der Waals surface area contributed by atoms with Crippen molar-refractivity contribution in [2.45, 2.75) is 38.3 Å². The molecule has 0 fully saturated rings. The van der Waals surface area contributed by atoms with Crippen molar-refractivity contribution < 1.29 is 24.4 Å². The fourth-order valence-corrected chi connectivity index (χ4v) is 1.53. The highest BCUT2D eigenvalue weighted by Gasteiger charge is 2.37. The maximum absolute atomic E-state index is 12.0. The molecule has 8 heteroatoms. The van der Waals surface area contributed by atoms with Crippen LogP contribution in [0.4, 0.5) is 0 Å². The van der Waals surface area contributed by atoms with Gasteiger partial charge in [-0.2, -0.15) is 0 Å². The minimum Gasteiger partial charge on any atom is -0.427 e. The first-order chi connectivity index (χ1) is 9.22. The molecule has 0 aromatic carbocycles. The van der Waals surface area contributed by atoms with E-state index in [-0.39, 0.29) is 0 Å². The summed E-state index contributed by atoms with van der Waals surface area (Å²) in [6.45, 7) is 1.96. The number of carbonyl (C=O) groups is 2. The SMILES string of the molecule is CCCCB(O)O[C@@H](C(=O)N(C)C)[C@H](O)C(=O)N(C)C. The molecule has 0 heterocycles. The van der Waals surface area contributed by atoms with E-state index in [1.165, 1.54) is 38.0 Å². The quantitative estimate of drug-likeness (QED) is 0.570. The van der Waals surface area contributed by atoms with E-state index in [0.717, 1.165) is 12.8 Å². The van der Waals surface area contributed by atoms with Gasteiger partial charge in [-0.25, -0.2) is 0 Å². The Balaban J connectivity index is 4.90. The third-order valence-electron chi connectivity index (χ3n) is 2.77. The van der Waals surface area contributed by atoms with Crippen LogP contribution in [0.25, 0.3) is 0 Å². The fraction of sp³-hybridized carbons (Fsp3) is 0.833. The van der Waals surface area contributed by atoms with Crippen LogP contribution in [0.15, 0.2) is 0 Å². The van der Waals surface area contributed by atoms with Gasteiger partial charge in [-0.05, 0) is 6.32 Å². The molecule has 0 aliphatic rings. The number of hydrogen-bond acceptors (Lipinski definition) is 5. The summed E-state index contributed by atoms with van der Waals surface area (Å²) in [5, 5.41) is 19.7. The summed E-state index contributed by atoms with van der Waals surface area (Å²) >= 11 is 0. The van der Waals surface area contributed by atoms with Gasteiger partial charge in [0.2, 0.25) is 0 Å². The largest absolute Gasteiger partial charge is 0.454 e. The van der Waals surface area contributed by atoms with Crippen LogP contribution in [-0.4, -0.2) is 79.3 Å². The van der Waals surface area contributed by atoms with Gasteiger partial charge in [-0.1, -0.05) is 19.8 Å². The van der Waals surface area contributed by atoms with Gasteiger partial charge in [0.25, 0.3) is 11.8 Å². The third kappa shape index (κ3) is 5.89. The van der Waals surface area contributed by atoms with Gasteiger partial charge in [0, 0.05) is 28.2 Å². The summed E-state index contributed by atoms with van der Waals surface area (Å²) < 4.78 is 5.18. The van der Waals surface area contributed by atoms with Crippen LogP contribution in [0.2, 0.25) is 6.32 Å². The number of rotatable bonds is 8. The van der Waals surface area contributed by atoms with Crippen LogP contribution in [-0.2, 0) is 14.2 Å². The molecule has 0 radical (unpaired) electrons. The Morgan fingerprint density at radius 2 is 1.65 bits per heavy atom. The maximum Gasteiger partial charge on any atom is 0.454 e. The van der Waals surface area contributed by atoms with E-state index in [0.29, 0.717) is 6.32 Å². The van der Waals surface area contributed by atoms with Crippen LogP contribution in [0.5, 0.6) is 0 Å². The van der Waals surface area contributed by atoms with E-state index in [1.54, 1.807) is 0 Å². The highest BCUT2D eigenvalue weighted by Crippen LogP contribution is 2.10. The third-order valence-corrected chi connectivity index (χ3v) is 2.77. The number of nitrogens with zero attached hydrogens (tertiary/aromatic N) is 2. The van der Waals surface area contributed by atoms with E-state index in [1.807, 2.05) is 6.92 Å². The summed E-state index contributed by atoms with van der Waals surface area (Å²) in [4.78, 5) is 26.1. The van der Waals surface area contributed by atoms with Crippen molar-refractivity contribution in [3.8, 4) is 0 Å². The molecule has 2 atom stereocenters. The fourth-order valence-electron chi connectivity index (χ4n) is 1.53. The van der Waals surface area contributed by atoms with Crippen LogP contribution in [0, 0.1) is 0 Å². The van der Waals surface area contributed by atoms with Gasteiger partial charge in [0.1, 0.15) is 0 Å². The van der Waals surface area contributed by atoms with E-state index in [2.05, 4.69) is 0 Å². The molecule has 0 unspecified atom stereocenters. The Kier molecular flexibility index (Phi) is 8.44. The van der Waals surface area contributed by atoms with Gasteiger partial charge in [-0.3, -0.25) is 9.59 Å². The first-order valence-corrected chi connectivity index (χ1v) is 6.66. The van der Waals surface area contributed by atoms with Gasteiger partial charge in [0.15, 0.2) is 12.2 Å². The molecule has 0 saturated carbocycles. The lowest BCUT2D eigenvalue weighted by atomic mass is 9.82. The highest BCUT2D eigenvalue weighted by molar-refractivity contribution is 6.43. The summed E-state index contributed by atoms with van der Waals surface area (Å²) in [6.07, 6.45) is -1.12. The lowest BCUT2D eigenvalue weighted by Gasteiger charge is -2.27. The number of amides is 2. The Hall–Kier alpha value is -1.12. The van der Waals surface area contributed by atoms with Crippen LogP contribution in [0.1, 0.15) is 19.8 Å². The molecule has 7 nitrogen and oxygen atoms in total. The van der Waals surface area contributed by atoms with Crippen LogP contribution < -0.4 is 0 Å². The second-order valence-corrected chi connectivity index (χ2v) is 5.06. The van der Waals surface area contributed by atoms with Crippen LogP contribution >= 0.6 is 0 Å². The number of likely N-dealkylation sites (N-methyl/N-ethyl adjacent to an activating group) is 2. The molecule has 0 saturated heterocycles. The van der Waals surface area contributed by atoms with Gasteiger partial charge >= 0.3 is 7.12 Å². The predicted octanol–water partition coefficient (Wildman–Crippen LogP) is -0.810. The molecular formula is C12H25BN2O5. The molecular weight excluding hydrogens is 263 g/mol. The van der Waals surface area contributed by atoms with Gasteiger partial charge < -0.3 is 24.6 Å². The van der Waals surface area contributed by atoms with E-state index >= 15 is 0 Å². The zero-order valence-electron chi connectivity index (χ0n) is 12.9. The first kappa shape index (κ1) is 18.9. The van der Waals surface area contributed by atoms with Crippen molar-refractivity contribution in [3.05, 3.63) is 0 Å². The number of carbonyl (C=O) groups excluding carboxylic acids is 2. The molecule has 0 spiro atoms. The van der Waals surface area contributed by atoms with Gasteiger partial charge in [-0.15, -0.1) is 0 Å². The van der Waals surface area contributed by atoms with Crippen molar-refractivity contribution in [1.82, 2.24) is 9.80 Å². The zero-order chi connectivity index (χ0) is 15.9. The Labute approximate surface area is 120 Å². The topological polar surface area (TPSA) is 90.3 Å². The zero-order valence-corrected chi connectivity index (χ0v) is 12.9. The molecule has 0 aliphatic carbocycles. The van der Waals surface area contributed by atoms with E-state index in [9.17, 15) is 19.7 Å². The molecule has 0 aromatic heterocycles. The normalized spacial score (nSPS) is 13.6. The second-order valence-electron chi connectivity index (χ2n) is 5.06. The van der Waals surface area contributed by atoms with E-state index < -0.39 is 31.1 Å². The van der Waals surface area contributed by atoms with Gasteiger partial charge in [0.05, 0.1) is 0 Å². The molecule has 0 rings (SSSR count). The Morgan fingerprint density at radius 1 is 1.15 bits per heavy atom. The van der Waals surface area contributed by atoms with E-state index in [4.69, 9.17) is 4.65 Å². The molecule has 116 valence electrons. The Bertz CT molecular complexity index is 325. The number of hydrogen-bond donors (Lipinski definition) is 2. The van der Waals surface area contributed by atoms with Crippen molar-refractivity contribution in [2.75, 3.05) is 28.2 Å². The average Bonchev–Trinajstić information content (AvgIpc) is 2.39. The molecule has 0 aromatic rings. The monoisotopic (exact) mass is 288 g/mol. The number of aliphatic hydroxyl groups excluding tert-OH is 1. The number of aliphatic hydroxyl groups is 1. The molecule has 2 amide bonds. The highest BCUT2D eigenvalue weighted by atomic mass is 16.5. The first-order valence-electron chi connectivity index (χ1n) is 6.66. The summed E-state index contributed by atoms with van der Waals surface area (Å²) in [7, 11) is 4.73. The van der Waals surface area contributed by atoms with Crippen molar-refractivity contribution in [1.29, 1.82) is 0 Å². The molecule has 2 N–H and O–H groups in total. The standard InChI is InChI=1S/C12H25BN2O5/c1-6-7-8-13(19)20-10(12(18)15(4)5)9(16)11(17)14(2)3/h9-10,16,19H,6-8H2,1-5H3/t9-,10+/m0/s1. The summed E-state index contributed by atoms with van der Waals surface area (Å²) in [5.41, 5.74) is 0. The Morgan fingerprint density at radius 3 is 2.05 bits per heavy atom. The van der Waals surface area contributed by atoms with Crippen molar-refractivity contribution >= 4 is 18.9 Å². The smallest absolute Gasteiger partial charge is 0.427 e. The summed E-state index contributed by atoms with van der Waals surface area (Å²) in [6, 6.07) is 0. The summed E-state index contributed by atoms with van der Waals surface area (Å²) in [5.74, 6) is -1.21. The number of unbranched alkanes of at least 4 members (excludes halogenated alkanes) is 1. The molecule has 0 aliphatic heterocycles. The van der Waals surface area contributed by atoms with Crippen molar-refractivity contribution in [3.63, 3.8) is 0 Å². The lowest BCUT2D eigenvalue weighted by molar-refractivity contribution is -0.154. The molecule has 20 heavy (non-hydrogen) atoms. The average molecular weight is 288 g/mol. The second kappa shape index (κ2) is 8.94. The van der Waals surface area contributed by atoms with Crippen LogP contribution in [0.3, 0.4) is 0 Å². The van der Waals surface area contributed by atoms with Crippen molar-refractivity contribution in [2.24, 2.45) is 0 Å². The predicted molar refractivity (Wildman–Crippen MR) is 76.0 cm³/mol. The minimum absolute atomic E-state index is 0.344. The minimum atomic E-state index is -1.64. The maximum atomic E-state index is 12.0. The lowest BCUT2D eigenvalue weighted by Crippen LogP contribution is -2.52.